The molecule has 0 spiro atoms. The van der Waals surface area contributed by atoms with Gasteiger partial charge >= 0.3 is 0 Å². The number of aromatic nitrogens is 2. The quantitative estimate of drug-likeness (QED) is 0.741. The molecule has 0 radical (unpaired) electrons. The van der Waals surface area contributed by atoms with E-state index in [1.54, 1.807) is 6.20 Å². The fourth-order valence-electron chi connectivity index (χ4n) is 2.34. The number of nitrogens with zero attached hydrogens (tertiary/aromatic N) is 2. The molecule has 2 unspecified atom stereocenters. The Morgan fingerprint density at radius 1 is 1.37 bits per heavy atom. The highest BCUT2D eigenvalue weighted by Crippen LogP contribution is 2.25. The molecule has 5 nitrogen and oxygen atoms in total. The summed E-state index contributed by atoms with van der Waals surface area (Å²) in [4.78, 5) is 8.62. The number of nitrogens with one attached hydrogen (secondary N) is 2. The van der Waals surface area contributed by atoms with Crippen molar-refractivity contribution in [3.05, 3.63) is 10.7 Å². The summed E-state index contributed by atoms with van der Waals surface area (Å²) < 4.78 is 0.825. The molecule has 2 rings (SSSR count). The van der Waals surface area contributed by atoms with Gasteiger partial charge in [0.25, 0.3) is 0 Å². The molecule has 6 heteroatoms. The highest BCUT2D eigenvalue weighted by Gasteiger charge is 2.22. The molecule has 0 aliphatic heterocycles. The van der Waals surface area contributed by atoms with E-state index in [0.29, 0.717) is 5.95 Å². The van der Waals surface area contributed by atoms with Crippen molar-refractivity contribution in [2.24, 2.45) is 0 Å². The van der Waals surface area contributed by atoms with Crippen LogP contribution in [-0.4, -0.2) is 33.8 Å². The monoisotopic (exact) mass is 328 g/mol. The van der Waals surface area contributed by atoms with Crippen molar-refractivity contribution < 1.29 is 5.11 Å². The standard InChI is InChI=1S/C13H21BrN4O/c1-2-15-13-16-8-9(14)12(18-13)17-10-6-4-3-5-7-11(10)19/h8,10-11,19H,2-7H2,1H3,(H2,15,16,17,18). The Bertz CT molecular complexity index is 416. The second kappa shape index (κ2) is 7.05. The SMILES string of the molecule is CCNc1ncc(Br)c(NC2CCCCCC2O)n1. The normalized spacial score (nSPS) is 23.7. The molecular formula is C13H21BrN4O. The van der Waals surface area contributed by atoms with E-state index in [-0.39, 0.29) is 12.1 Å². The summed E-state index contributed by atoms with van der Waals surface area (Å²) in [5, 5.41) is 16.6. The summed E-state index contributed by atoms with van der Waals surface area (Å²) in [5.74, 6) is 1.35. The van der Waals surface area contributed by atoms with Gasteiger partial charge < -0.3 is 15.7 Å². The van der Waals surface area contributed by atoms with E-state index in [0.717, 1.165) is 42.5 Å². The smallest absolute Gasteiger partial charge is 0.224 e. The predicted octanol–water partition coefficient (Wildman–Crippen LogP) is 2.78. The zero-order chi connectivity index (χ0) is 13.7. The maximum Gasteiger partial charge on any atom is 0.224 e. The lowest BCUT2D eigenvalue weighted by Crippen LogP contribution is -2.33. The van der Waals surface area contributed by atoms with Crippen molar-refractivity contribution in [2.45, 2.75) is 51.2 Å². The Labute approximate surface area is 122 Å². The van der Waals surface area contributed by atoms with E-state index in [1.165, 1.54) is 6.42 Å². The Morgan fingerprint density at radius 3 is 2.95 bits per heavy atom. The number of anilines is 2. The molecule has 3 N–H and O–H groups in total. The van der Waals surface area contributed by atoms with Crippen LogP contribution < -0.4 is 10.6 Å². The number of halogens is 1. The lowest BCUT2D eigenvalue weighted by Gasteiger charge is -2.23. The summed E-state index contributed by atoms with van der Waals surface area (Å²) in [6, 6.07) is 0.0724. The average Bonchev–Trinajstić information content (AvgIpc) is 2.59. The minimum atomic E-state index is -0.299. The van der Waals surface area contributed by atoms with Crippen molar-refractivity contribution in [1.29, 1.82) is 0 Å². The zero-order valence-electron chi connectivity index (χ0n) is 11.2. The number of hydrogen-bond donors (Lipinski definition) is 3. The number of aliphatic hydroxyl groups excluding tert-OH is 1. The van der Waals surface area contributed by atoms with Crippen LogP contribution in [0.1, 0.15) is 39.0 Å². The third-order valence-corrected chi connectivity index (χ3v) is 3.96. The van der Waals surface area contributed by atoms with E-state index in [4.69, 9.17) is 0 Å². The summed E-state index contributed by atoms with van der Waals surface area (Å²) in [6.45, 7) is 2.79. The molecule has 1 aliphatic carbocycles. The molecule has 0 bridgehead atoms. The Balaban J connectivity index is 2.09. The number of aliphatic hydroxyl groups is 1. The Kier molecular flexibility index (Phi) is 5.39. The van der Waals surface area contributed by atoms with Gasteiger partial charge in [0.1, 0.15) is 5.82 Å². The second-order valence-electron chi connectivity index (χ2n) is 4.88. The molecule has 19 heavy (non-hydrogen) atoms. The first-order valence-electron chi connectivity index (χ1n) is 6.91. The lowest BCUT2D eigenvalue weighted by atomic mass is 10.1. The summed E-state index contributed by atoms with van der Waals surface area (Å²) in [7, 11) is 0. The van der Waals surface area contributed by atoms with E-state index < -0.39 is 0 Å². The molecular weight excluding hydrogens is 308 g/mol. The van der Waals surface area contributed by atoms with Crippen molar-refractivity contribution in [2.75, 3.05) is 17.2 Å². The molecule has 1 aromatic rings. The molecule has 1 heterocycles. The molecule has 0 saturated heterocycles. The minimum Gasteiger partial charge on any atom is -0.391 e. The first-order valence-corrected chi connectivity index (χ1v) is 7.71. The Hall–Kier alpha value is -0.880. The van der Waals surface area contributed by atoms with Gasteiger partial charge in [-0.25, -0.2) is 4.98 Å². The maximum atomic E-state index is 10.1. The summed E-state index contributed by atoms with van der Waals surface area (Å²) in [5.41, 5.74) is 0. The molecule has 1 saturated carbocycles. The van der Waals surface area contributed by atoms with E-state index >= 15 is 0 Å². The summed E-state index contributed by atoms with van der Waals surface area (Å²) in [6.07, 6.45) is 6.73. The molecule has 0 amide bonds. The highest BCUT2D eigenvalue weighted by atomic mass is 79.9. The van der Waals surface area contributed by atoms with Gasteiger partial charge in [0.15, 0.2) is 0 Å². The second-order valence-corrected chi connectivity index (χ2v) is 5.73. The largest absolute Gasteiger partial charge is 0.391 e. The average molecular weight is 329 g/mol. The van der Waals surface area contributed by atoms with Gasteiger partial charge in [0.05, 0.1) is 16.6 Å². The predicted molar refractivity (Wildman–Crippen MR) is 80.4 cm³/mol. The van der Waals surface area contributed by atoms with Crippen molar-refractivity contribution in [3.8, 4) is 0 Å². The van der Waals surface area contributed by atoms with Crippen LogP contribution in [0.5, 0.6) is 0 Å². The van der Waals surface area contributed by atoms with Crippen LogP contribution in [0.25, 0.3) is 0 Å². The van der Waals surface area contributed by atoms with Crippen molar-refractivity contribution in [1.82, 2.24) is 9.97 Å². The topological polar surface area (TPSA) is 70.1 Å². The molecule has 1 aliphatic rings. The van der Waals surface area contributed by atoms with Crippen LogP contribution in [0.3, 0.4) is 0 Å². The number of rotatable bonds is 4. The number of hydrogen-bond acceptors (Lipinski definition) is 5. The lowest BCUT2D eigenvalue weighted by molar-refractivity contribution is 0.144. The van der Waals surface area contributed by atoms with Crippen molar-refractivity contribution in [3.63, 3.8) is 0 Å². The minimum absolute atomic E-state index is 0.0724. The first kappa shape index (κ1) is 14.5. The molecule has 1 fully saturated rings. The van der Waals surface area contributed by atoms with E-state index in [2.05, 4.69) is 36.5 Å². The Morgan fingerprint density at radius 2 is 2.16 bits per heavy atom. The van der Waals surface area contributed by atoms with Gasteiger partial charge in [-0.2, -0.15) is 4.98 Å². The van der Waals surface area contributed by atoms with Crippen LogP contribution >= 0.6 is 15.9 Å². The van der Waals surface area contributed by atoms with Gasteiger partial charge in [-0.1, -0.05) is 19.3 Å². The molecule has 1 aromatic heterocycles. The van der Waals surface area contributed by atoms with E-state index in [9.17, 15) is 5.11 Å². The molecule has 2 atom stereocenters. The fourth-order valence-corrected chi connectivity index (χ4v) is 2.65. The van der Waals surface area contributed by atoms with Gasteiger partial charge in [-0.15, -0.1) is 0 Å². The zero-order valence-corrected chi connectivity index (χ0v) is 12.8. The third-order valence-electron chi connectivity index (χ3n) is 3.38. The van der Waals surface area contributed by atoms with Gasteiger partial charge in [0, 0.05) is 12.7 Å². The van der Waals surface area contributed by atoms with Gasteiger partial charge in [-0.05, 0) is 35.7 Å². The van der Waals surface area contributed by atoms with Crippen LogP contribution in [0.15, 0.2) is 10.7 Å². The van der Waals surface area contributed by atoms with Crippen molar-refractivity contribution >= 4 is 27.7 Å². The van der Waals surface area contributed by atoms with Gasteiger partial charge in [-0.3, -0.25) is 0 Å². The van der Waals surface area contributed by atoms with Crippen LogP contribution in [0, 0.1) is 0 Å². The fraction of sp³-hybridized carbons (Fsp3) is 0.692. The third kappa shape index (κ3) is 4.04. The highest BCUT2D eigenvalue weighted by molar-refractivity contribution is 9.10. The molecule has 106 valence electrons. The van der Waals surface area contributed by atoms with Crippen LogP contribution in [0.4, 0.5) is 11.8 Å². The van der Waals surface area contributed by atoms with Gasteiger partial charge in [0.2, 0.25) is 5.95 Å². The van der Waals surface area contributed by atoms with Crippen LogP contribution in [0.2, 0.25) is 0 Å². The molecule has 0 aromatic carbocycles. The van der Waals surface area contributed by atoms with Crippen LogP contribution in [-0.2, 0) is 0 Å². The van der Waals surface area contributed by atoms with E-state index in [1.807, 2.05) is 6.92 Å². The summed E-state index contributed by atoms with van der Waals surface area (Å²) >= 11 is 3.45. The first-order chi connectivity index (χ1) is 9.20. The maximum absolute atomic E-state index is 10.1.